The van der Waals surface area contributed by atoms with Crippen molar-refractivity contribution in [2.45, 2.75) is 13.8 Å². The molecule has 1 heterocycles. The van der Waals surface area contributed by atoms with Gasteiger partial charge < -0.3 is 4.90 Å². The summed E-state index contributed by atoms with van der Waals surface area (Å²) in [6.07, 6.45) is 1.76. The lowest BCUT2D eigenvalue weighted by molar-refractivity contribution is 0.643. The minimum absolute atomic E-state index is 0.832. The van der Waals surface area contributed by atoms with Crippen molar-refractivity contribution in [2.24, 2.45) is 4.99 Å². The number of aryl methyl sites for hydroxylation is 2. The fourth-order valence-corrected chi connectivity index (χ4v) is 1.43. The molecule has 0 aliphatic carbocycles. The summed E-state index contributed by atoms with van der Waals surface area (Å²) in [4.78, 5) is 11.6. The van der Waals surface area contributed by atoms with E-state index in [2.05, 4.69) is 16.9 Å². The molecular weight excluding hydrogens is 170 g/mol. The van der Waals surface area contributed by atoms with Crippen LogP contribution in [0.4, 0.5) is 5.13 Å². The van der Waals surface area contributed by atoms with E-state index < -0.39 is 0 Å². The summed E-state index contributed by atoms with van der Waals surface area (Å²) in [6.45, 7) is 4.06. The molecule has 3 nitrogen and oxygen atoms in total. The zero-order valence-electron chi connectivity index (χ0n) is 7.83. The molecule has 0 N–H and O–H groups in total. The van der Waals surface area contributed by atoms with Crippen molar-refractivity contribution < 1.29 is 0 Å². The average molecular weight is 183 g/mol. The van der Waals surface area contributed by atoms with Crippen molar-refractivity contribution in [3.63, 3.8) is 0 Å². The molecule has 0 fully saturated rings. The molecule has 0 saturated carbocycles. The molecule has 0 aliphatic heterocycles. The van der Waals surface area contributed by atoms with Gasteiger partial charge in [0.25, 0.3) is 0 Å². The SMILES string of the molecule is Cc1nc(/N=C/N(C)C)sc1C. The fourth-order valence-electron chi connectivity index (χ4n) is 0.676. The first-order chi connectivity index (χ1) is 5.59. The highest BCUT2D eigenvalue weighted by molar-refractivity contribution is 7.15. The molecular formula is C8H13N3S. The van der Waals surface area contributed by atoms with Gasteiger partial charge in [0.15, 0.2) is 0 Å². The van der Waals surface area contributed by atoms with Crippen LogP contribution in [0.1, 0.15) is 10.6 Å². The summed E-state index contributed by atoms with van der Waals surface area (Å²) >= 11 is 1.62. The number of hydrogen-bond acceptors (Lipinski definition) is 3. The number of aromatic nitrogens is 1. The number of rotatable bonds is 2. The average Bonchev–Trinajstić information content (AvgIpc) is 2.28. The first-order valence-corrected chi connectivity index (χ1v) is 4.56. The molecule has 66 valence electrons. The van der Waals surface area contributed by atoms with Gasteiger partial charge in [-0.25, -0.2) is 9.98 Å². The van der Waals surface area contributed by atoms with E-state index in [0.29, 0.717) is 0 Å². The Morgan fingerprint density at radius 2 is 2.08 bits per heavy atom. The van der Waals surface area contributed by atoms with Gasteiger partial charge in [0.1, 0.15) is 0 Å². The third kappa shape index (κ3) is 2.30. The van der Waals surface area contributed by atoms with Crippen LogP contribution in [0.2, 0.25) is 0 Å². The second-order valence-corrected chi connectivity index (χ2v) is 4.03. The standard InChI is InChI=1S/C8H13N3S/c1-6-7(2)12-8(10-6)9-5-11(3)4/h5H,1-4H3/b9-5+. The lowest BCUT2D eigenvalue weighted by Gasteiger charge is -1.99. The largest absolute Gasteiger partial charge is 0.369 e. The van der Waals surface area contributed by atoms with Crippen LogP contribution in [0.5, 0.6) is 0 Å². The Balaban J connectivity index is 2.77. The second kappa shape index (κ2) is 3.67. The van der Waals surface area contributed by atoms with E-state index in [1.807, 2.05) is 25.9 Å². The Labute approximate surface area is 76.8 Å². The van der Waals surface area contributed by atoms with E-state index in [1.54, 1.807) is 17.7 Å². The van der Waals surface area contributed by atoms with E-state index >= 15 is 0 Å². The molecule has 0 aliphatic rings. The van der Waals surface area contributed by atoms with Crippen LogP contribution in [-0.2, 0) is 0 Å². The van der Waals surface area contributed by atoms with E-state index in [-0.39, 0.29) is 0 Å². The van der Waals surface area contributed by atoms with Crippen LogP contribution < -0.4 is 0 Å². The first-order valence-electron chi connectivity index (χ1n) is 3.74. The molecule has 0 atom stereocenters. The molecule has 0 spiro atoms. The van der Waals surface area contributed by atoms with Gasteiger partial charge in [-0.3, -0.25) is 0 Å². The predicted octanol–water partition coefficient (Wildman–Crippen LogP) is 1.98. The lowest BCUT2D eigenvalue weighted by Crippen LogP contribution is -2.06. The first kappa shape index (κ1) is 9.19. The molecule has 12 heavy (non-hydrogen) atoms. The molecule has 1 aromatic rings. The molecule has 0 radical (unpaired) electrons. The van der Waals surface area contributed by atoms with Crippen LogP contribution in [0.25, 0.3) is 0 Å². The zero-order chi connectivity index (χ0) is 9.14. The normalized spacial score (nSPS) is 11.0. The maximum absolute atomic E-state index is 4.28. The summed E-state index contributed by atoms with van der Waals surface area (Å²) in [5, 5.41) is 0.832. The molecule has 0 aromatic carbocycles. The summed E-state index contributed by atoms with van der Waals surface area (Å²) in [5.74, 6) is 0. The highest BCUT2D eigenvalue weighted by atomic mass is 32.1. The van der Waals surface area contributed by atoms with Crippen molar-refractivity contribution in [3.05, 3.63) is 10.6 Å². The van der Waals surface area contributed by atoms with Gasteiger partial charge in [-0.05, 0) is 13.8 Å². The number of aliphatic imine (C=N–C) groups is 1. The van der Waals surface area contributed by atoms with Crippen molar-refractivity contribution in [2.75, 3.05) is 14.1 Å². The van der Waals surface area contributed by atoms with Gasteiger partial charge in [-0.1, -0.05) is 11.3 Å². The third-order valence-electron chi connectivity index (χ3n) is 1.42. The van der Waals surface area contributed by atoms with Crippen molar-refractivity contribution in [3.8, 4) is 0 Å². The molecule has 1 aromatic heterocycles. The molecule has 4 heteroatoms. The topological polar surface area (TPSA) is 28.5 Å². The Bertz CT molecular complexity index is 269. The quantitative estimate of drug-likeness (QED) is 0.518. The maximum Gasteiger partial charge on any atom is 0.210 e. The summed E-state index contributed by atoms with van der Waals surface area (Å²) in [7, 11) is 3.88. The predicted molar refractivity (Wildman–Crippen MR) is 53.4 cm³/mol. The number of hydrogen-bond donors (Lipinski definition) is 0. The molecule has 0 unspecified atom stereocenters. The van der Waals surface area contributed by atoms with E-state index in [1.165, 1.54) is 4.88 Å². The van der Waals surface area contributed by atoms with Crippen LogP contribution in [0, 0.1) is 13.8 Å². The highest BCUT2D eigenvalue weighted by Crippen LogP contribution is 2.23. The molecule has 0 bridgehead atoms. The zero-order valence-corrected chi connectivity index (χ0v) is 8.64. The number of thiazole rings is 1. The van der Waals surface area contributed by atoms with Gasteiger partial charge in [-0.15, -0.1) is 0 Å². The van der Waals surface area contributed by atoms with Crippen LogP contribution in [0.3, 0.4) is 0 Å². The lowest BCUT2D eigenvalue weighted by atomic mass is 10.4. The highest BCUT2D eigenvalue weighted by Gasteiger charge is 1.99. The van der Waals surface area contributed by atoms with E-state index in [0.717, 1.165) is 10.8 Å². The molecule has 0 amide bonds. The minimum atomic E-state index is 0.832. The van der Waals surface area contributed by atoms with Crippen molar-refractivity contribution >= 4 is 22.8 Å². The van der Waals surface area contributed by atoms with Crippen LogP contribution >= 0.6 is 11.3 Å². The Kier molecular flexibility index (Phi) is 2.81. The monoisotopic (exact) mass is 183 g/mol. The Hall–Kier alpha value is -0.900. The smallest absolute Gasteiger partial charge is 0.210 e. The van der Waals surface area contributed by atoms with Gasteiger partial charge in [0.2, 0.25) is 5.13 Å². The number of nitrogens with zero attached hydrogens (tertiary/aromatic N) is 3. The van der Waals surface area contributed by atoms with Gasteiger partial charge in [0.05, 0.1) is 12.0 Å². The van der Waals surface area contributed by atoms with E-state index in [9.17, 15) is 0 Å². The van der Waals surface area contributed by atoms with E-state index in [4.69, 9.17) is 0 Å². The summed E-state index contributed by atoms with van der Waals surface area (Å²) in [6, 6.07) is 0. The maximum atomic E-state index is 4.28. The molecule has 1 rings (SSSR count). The van der Waals surface area contributed by atoms with Gasteiger partial charge >= 0.3 is 0 Å². The molecule has 0 saturated heterocycles. The summed E-state index contributed by atoms with van der Waals surface area (Å²) < 4.78 is 0. The second-order valence-electron chi connectivity index (χ2n) is 2.85. The van der Waals surface area contributed by atoms with Crippen LogP contribution in [0.15, 0.2) is 4.99 Å². The van der Waals surface area contributed by atoms with Gasteiger partial charge in [0, 0.05) is 19.0 Å². The van der Waals surface area contributed by atoms with Crippen LogP contribution in [-0.4, -0.2) is 30.3 Å². The van der Waals surface area contributed by atoms with Crippen molar-refractivity contribution in [1.82, 2.24) is 9.88 Å². The Morgan fingerprint density at radius 1 is 1.42 bits per heavy atom. The fraction of sp³-hybridized carbons (Fsp3) is 0.500. The minimum Gasteiger partial charge on any atom is -0.369 e. The van der Waals surface area contributed by atoms with Gasteiger partial charge in [-0.2, -0.15) is 0 Å². The summed E-state index contributed by atoms with van der Waals surface area (Å²) in [5.41, 5.74) is 1.07. The van der Waals surface area contributed by atoms with Crippen molar-refractivity contribution in [1.29, 1.82) is 0 Å². The Morgan fingerprint density at radius 3 is 2.50 bits per heavy atom. The third-order valence-corrected chi connectivity index (χ3v) is 2.40.